The number of nitrogens with one attached hydrogen (secondary N) is 2. The molecule has 11 heteroatoms. The van der Waals surface area contributed by atoms with Crippen LogP contribution in [0.5, 0.6) is 5.75 Å². The van der Waals surface area contributed by atoms with Gasteiger partial charge in [-0.05, 0) is 24.1 Å². The lowest BCUT2D eigenvalue weighted by Gasteiger charge is -2.35. The van der Waals surface area contributed by atoms with Crippen LogP contribution in [0.15, 0.2) is 24.3 Å². The number of amides is 1. The van der Waals surface area contributed by atoms with E-state index in [4.69, 9.17) is 0 Å². The zero-order valence-electron chi connectivity index (χ0n) is 15.0. The highest BCUT2D eigenvalue weighted by atomic mass is 35.5. The maximum atomic E-state index is 13.3. The number of nitrogens with zero attached hydrogens (tertiary/aromatic N) is 1. The summed E-state index contributed by atoms with van der Waals surface area (Å²) < 4.78 is 68.1. The van der Waals surface area contributed by atoms with E-state index in [1.54, 1.807) is 0 Å². The highest BCUT2D eigenvalue weighted by molar-refractivity contribution is 5.85. The third-order valence-electron chi connectivity index (χ3n) is 4.25. The van der Waals surface area contributed by atoms with Crippen molar-refractivity contribution >= 4 is 18.3 Å². The Morgan fingerprint density at radius 2 is 1.79 bits per heavy atom. The van der Waals surface area contributed by atoms with E-state index in [0.29, 0.717) is 18.7 Å². The van der Waals surface area contributed by atoms with Crippen molar-refractivity contribution in [3.8, 4) is 5.75 Å². The molecule has 0 bridgehead atoms. The number of hydrogen-bond acceptors (Lipinski definition) is 4. The van der Waals surface area contributed by atoms with E-state index in [2.05, 4.69) is 15.4 Å². The van der Waals surface area contributed by atoms with Gasteiger partial charge >= 0.3 is 12.8 Å². The summed E-state index contributed by atoms with van der Waals surface area (Å²) in [6, 6.07) is 4.05. The quantitative estimate of drug-likeness (QED) is 0.621. The van der Waals surface area contributed by atoms with E-state index in [1.807, 2.05) is 0 Å². The van der Waals surface area contributed by atoms with Gasteiger partial charge in [0, 0.05) is 39.1 Å². The first-order chi connectivity index (χ1) is 12.8. The molecule has 1 aliphatic rings. The van der Waals surface area contributed by atoms with Crippen LogP contribution in [0.25, 0.3) is 0 Å². The number of hydrogen-bond donors (Lipinski definition) is 2. The van der Waals surface area contributed by atoms with Gasteiger partial charge in [0.05, 0.1) is 0 Å². The van der Waals surface area contributed by atoms with E-state index in [0.717, 1.165) is 0 Å². The van der Waals surface area contributed by atoms with Crippen LogP contribution in [0.2, 0.25) is 0 Å². The van der Waals surface area contributed by atoms with Crippen LogP contribution in [0, 0.1) is 0 Å². The fourth-order valence-electron chi connectivity index (χ4n) is 2.84. The molecule has 0 spiro atoms. The summed E-state index contributed by atoms with van der Waals surface area (Å²) in [5.74, 6) is -0.491. The van der Waals surface area contributed by atoms with Crippen molar-refractivity contribution in [2.75, 3.05) is 32.7 Å². The predicted octanol–water partition coefficient (Wildman–Crippen LogP) is 2.59. The summed E-state index contributed by atoms with van der Waals surface area (Å²) in [7, 11) is 0. The molecule has 0 aromatic heterocycles. The fourth-order valence-corrected chi connectivity index (χ4v) is 2.84. The second-order valence-corrected chi connectivity index (χ2v) is 6.17. The zero-order chi connectivity index (χ0) is 19.9. The number of aryl methyl sites for hydroxylation is 1. The molecule has 1 aromatic rings. The van der Waals surface area contributed by atoms with Crippen LogP contribution in [-0.2, 0) is 11.2 Å². The molecule has 1 heterocycles. The Labute approximate surface area is 166 Å². The van der Waals surface area contributed by atoms with Crippen LogP contribution < -0.4 is 15.4 Å². The Morgan fingerprint density at radius 3 is 2.32 bits per heavy atom. The van der Waals surface area contributed by atoms with Crippen molar-refractivity contribution in [3.63, 3.8) is 0 Å². The molecule has 0 aliphatic carbocycles. The Morgan fingerprint density at radius 1 is 1.18 bits per heavy atom. The summed E-state index contributed by atoms with van der Waals surface area (Å²) in [5.41, 5.74) is 0.696. The number of carbonyl (C=O) groups excluding carboxylic acids is 1. The molecule has 1 unspecified atom stereocenters. The Hall–Kier alpha value is -1.65. The van der Waals surface area contributed by atoms with E-state index < -0.39 is 31.3 Å². The lowest BCUT2D eigenvalue weighted by molar-refractivity contribution is -0.184. The van der Waals surface area contributed by atoms with Gasteiger partial charge in [-0.3, -0.25) is 9.69 Å². The summed E-state index contributed by atoms with van der Waals surface area (Å²) in [6.07, 6.45) is -4.14. The second-order valence-electron chi connectivity index (χ2n) is 6.17. The van der Waals surface area contributed by atoms with E-state index in [1.165, 1.54) is 29.2 Å². The third kappa shape index (κ3) is 8.15. The molecule has 1 aliphatic heterocycles. The molecule has 1 atom stereocenters. The van der Waals surface area contributed by atoms with E-state index in [-0.39, 0.29) is 44.1 Å². The molecule has 160 valence electrons. The molecule has 1 aromatic carbocycles. The van der Waals surface area contributed by atoms with E-state index in [9.17, 15) is 26.7 Å². The molecule has 2 N–H and O–H groups in total. The van der Waals surface area contributed by atoms with Gasteiger partial charge < -0.3 is 15.4 Å². The molecule has 1 saturated heterocycles. The maximum Gasteiger partial charge on any atom is 0.405 e. The van der Waals surface area contributed by atoms with Crippen LogP contribution in [0.3, 0.4) is 0 Å². The van der Waals surface area contributed by atoms with Crippen LogP contribution >= 0.6 is 12.4 Å². The van der Waals surface area contributed by atoms with Crippen LogP contribution in [0.1, 0.15) is 12.0 Å². The summed E-state index contributed by atoms with van der Waals surface area (Å²) in [4.78, 5) is 13.2. The number of alkyl halides is 5. The fraction of sp³-hybridized carbons (Fsp3) is 0.588. The van der Waals surface area contributed by atoms with Crippen molar-refractivity contribution < 1.29 is 31.5 Å². The smallest absolute Gasteiger partial charge is 0.405 e. The first-order valence-electron chi connectivity index (χ1n) is 8.57. The average Bonchev–Trinajstić information content (AvgIpc) is 2.60. The molecule has 1 amide bonds. The molecule has 1 fully saturated rings. The third-order valence-corrected chi connectivity index (χ3v) is 4.25. The predicted molar refractivity (Wildman–Crippen MR) is 95.9 cm³/mol. The van der Waals surface area contributed by atoms with Crippen molar-refractivity contribution in [3.05, 3.63) is 29.8 Å². The highest BCUT2D eigenvalue weighted by Gasteiger charge is 2.43. The average molecular weight is 432 g/mol. The second kappa shape index (κ2) is 11.4. The molecular weight excluding hydrogens is 409 g/mol. The van der Waals surface area contributed by atoms with Gasteiger partial charge in [0.25, 0.3) is 0 Å². The maximum absolute atomic E-state index is 13.3. The number of halogens is 6. The van der Waals surface area contributed by atoms with Gasteiger partial charge in [0.1, 0.15) is 11.8 Å². The van der Waals surface area contributed by atoms with Crippen molar-refractivity contribution in [2.24, 2.45) is 0 Å². The largest absolute Gasteiger partial charge is 0.435 e. The minimum Gasteiger partial charge on any atom is -0.435 e. The number of carbonyl (C=O) groups is 1. The first kappa shape index (κ1) is 24.4. The number of rotatable bonds is 8. The molecule has 28 heavy (non-hydrogen) atoms. The van der Waals surface area contributed by atoms with Gasteiger partial charge in [-0.15, -0.1) is 12.4 Å². The SMILES string of the molecule is Cl.O=C(CCc1ccc(OC(F)F)cc1)NCC(N1CCNCC1)C(F)(F)F. The minimum absolute atomic E-state index is 0. The lowest BCUT2D eigenvalue weighted by Crippen LogP contribution is -2.57. The van der Waals surface area contributed by atoms with Crippen molar-refractivity contribution in [1.82, 2.24) is 15.5 Å². The van der Waals surface area contributed by atoms with Crippen LogP contribution in [-0.4, -0.2) is 62.4 Å². The van der Waals surface area contributed by atoms with Gasteiger partial charge in [-0.25, -0.2) is 0 Å². The van der Waals surface area contributed by atoms with Gasteiger partial charge in [0.15, 0.2) is 0 Å². The molecule has 5 nitrogen and oxygen atoms in total. The van der Waals surface area contributed by atoms with Gasteiger partial charge in [0.2, 0.25) is 5.91 Å². The number of ether oxygens (including phenoxy) is 1. The number of piperazine rings is 1. The molecule has 2 rings (SSSR count). The number of benzene rings is 1. The van der Waals surface area contributed by atoms with Gasteiger partial charge in [-0.1, -0.05) is 12.1 Å². The molecule has 0 saturated carbocycles. The van der Waals surface area contributed by atoms with Gasteiger partial charge in [-0.2, -0.15) is 22.0 Å². The monoisotopic (exact) mass is 431 g/mol. The normalized spacial score (nSPS) is 16.4. The standard InChI is InChI=1S/C17H22F5N3O2.ClH/c18-16(19)27-13-4-1-12(2-5-13)3-6-15(26)24-11-14(17(20,21)22)25-9-7-23-8-10-25;/h1-2,4-5,14,16,23H,3,6-11H2,(H,24,26);1H. The topological polar surface area (TPSA) is 53.6 Å². The molecular formula is C17H23ClF5N3O2. The zero-order valence-corrected chi connectivity index (χ0v) is 15.8. The summed E-state index contributed by atoms with van der Waals surface area (Å²) in [5, 5.41) is 5.34. The summed E-state index contributed by atoms with van der Waals surface area (Å²) in [6.45, 7) is -1.92. The van der Waals surface area contributed by atoms with Crippen LogP contribution in [0.4, 0.5) is 22.0 Å². The minimum atomic E-state index is -4.43. The van der Waals surface area contributed by atoms with E-state index >= 15 is 0 Å². The summed E-state index contributed by atoms with van der Waals surface area (Å²) >= 11 is 0. The van der Waals surface area contributed by atoms with Crippen molar-refractivity contribution in [1.29, 1.82) is 0 Å². The Kier molecular flexibility index (Phi) is 9.91. The Bertz CT molecular complexity index is 595. The van der Waals surface area contributed by atoms with Crippen molar-refractivity contribution in [2.45, 2.75) is 31.7 Å². The Balaban J connectivity index is 0.00000392. The molecule has 0 radical (unpaired) electrons. The first-order valence-corrected chi connectivity index (χ1v) is 8.57. The lowest BCUT2D eigenvalue weighted by atomic mass is 10.1. The highest BCUT2D eigenvalue weighted by Crippen LogP contribution is 2.24.